The molecule has 0 spiro atoms. The van der Waals surface area contributed by atoms with Crippen LogP contribution in [0.5, 0.6) is 0 Å². The maximum absolute atomic E-state index is 12.8. The van der Waals surface area contributed by atoms with Crippen LogP contribution >= 0.6 is 42.4 Å². The molecule has 0 bridgehead atoms. The molecule has 13 heteroatoms. The van der Waals surface area contributed by atoms with Crippen LogP contribution in [0.25, 0.3) is 0 Å². The van der Waals surface area contributed by atoms with Crippen molar-refractivity contribution in [2.45, 2.75) is 41.3 Å². The normalized spacial score (nSPS) is 15.3. The molecule has 0 saturated heterocycles. The fourth-order valence-electron chi connectivity index (χ4n) is 1.79. The topological polar surface area (TPSA) is 72.8 Å². The Morgan fingerprint density at radius 2 is 1.50 bits per heavy atom. The van der Waals surface area contributed by atoms with E-state index in [1.165, 1.54) is 0 Å². The second-order valence-corrected chi connectivity index (χ2v) is 13.4. The average Bonchev–Trinajstić information content (AvgIpc) is 2.39. The molecule has 0 aromatic heterocycles. The SMILES string of the molecule is CI(C)CC(I)C(=O)OCC(=O)OC(C)(C)C(O)(C(F)(F)F)C(F)(F)F. The van der Waals surface area contributed by atoms with Crippen LogP contribution in [0.4, 0.5) is 26.3 Å². The molecule has 1 unspecified atom stereocenters. The summed E-state index contributed by atoms with van der Waals surface area (Å²) in [5.41, 5.74) is -8.72. The van der Waals surface area contributed by atoms with Crippen LogP contribution in [0.3, 0.4) is 0 Å². The van der Waals surface area contributed by atoms with Gasteiger partial charge in [0, 0.05) is 0 Å². The van der Waals surface area contributed by atoms with E-state index in [0.29, 0.717) is 4.43 Å². The number of aliphatic hydroxyl groups is 1. The molecule has 26 heavy (non-hydrogen) atoms. The Kier molecular flexibility index (Phi) is 8.94. The van der Waals surface area contributed by atoms with Gasteiger partial charge >= 0.3 is 167 Å². The molecule has 0 heterocycles. The fraction of sp³-hybridized carbons (Fsp3) is 0.846. The van der Waals surface area contributed by atoms with Crippen LogP contribution < -0.4 is 0 Å². The second-order valence-electron chi connectivity index (χ2n) is 5.83. The molecular formula is C13H18F6I2O5. The van der Waals surface area contributed by atoms with Crippen molar-refractivity contribution in [3.63, 3.8) is 0 Å². The summed E-state index contributed by atoms with van der Waals surface area (Å²) in [5.74, 6) is -2.48. The van der Waals surface area contributed by atoms with E-state index in [1.54, 1.807) is 22.6 Å². The number of ether oxygens (including phenoxy) is 2. The molecule has 0 aliphatic carbocycles. The van der Waals surface area contributed by atoms with Gasteiger partial charge in [-0.05, 0) is 0 Å². The Hall–Kier alpha value is -0.0600. The van der Waals surface area contributed by atoms with Gasteiger partial charge in [0.1, 0.15) is 0 Å². The van der Waals surface area contributed by atoms with Crippen LogP contribution in [0.15, 0.2) is 0 Å². The number of alkyl halides is 10. The summed E-state index contributed by atoms with van der Waals surface area (Å²) in [7, 11) is 0. The summed E-state index contributed by atoms with van der Waals surface area (Å²) in [4.78, 5) is 27.1. The van der Waals surface area contributed by atoms with Crippen molar-refractivity contribution in [3.8, 4) is 0 Å². The molecule has 0 aliphatic rings. The van der Waals surface area contributed by atoms with E-state index in [-0.39, 0.29) is 13.8 Å². The third kappa shape index (κ3) is 6.24. The summed E-state index contributed by atoms with van der Waals surface area (Å²) >= 11 is 0.469. The van der Waals surface area contributed by atoms with Crippen LogP contribution in [-0.4, -0.2) is 65.4 Å². The molecule has 0 fully saturated rings. The van der Waals surface area contributed by atoms with Crippen molar-refractivity contribution >= 4 is 54.3 Å². The van der Waals surface area contributed by atoms with Gasteiger partial charge in [0.05, 0.1) is 0 Å². The van der Waals surface area contributed by atoms with Crippen molar-refractivity contribution in [1.29, 1.82) is 0 Å². The van der Waals surface area contributed by atoms with Crippen molar-refractivity contribution in [1.82, 2.24) is 0 Å². The molecule has 0 aromatic rings. The number of esters is 2. The number of rotatable bonds is 7. The molecule has 0 saturated carbocycles. The van der Waals surface area contributed by atoms with Crippen LogP contribution in [0.2, 0.25) is 0 Å². The predicted molar refractivity (Wildman–Crippen MR) is 96.7 cm³/mol. The van der Waals surface area contributed by atoms with E-state index in [1.807, 2.05) is 9.86 Å². The van der Waals surface area contributed by atoms with Crippen molar-refractivity contribution in [3.05, 3.63) is 0 Å². The van der Waals surface area contributed by atoms with Crippen molar-refractivity contribution in [2.75, 3.05) is 20.9 Å². The molecule has 1 N–H and O–H groups in total. The van der Waals surface area contributed by atoms with Gasteiger partial charge in [0.2, 0.25) is 0 Å². The van der Waals surface area contributed by atoms with Gasteiger partial charge in [-0.15, -0.1) is 0 Å². The van der Waals surface area contributed by atoms with E-state index in [0.717, 1.165) is 0 Å². The zero-order valence-electron chi connectivity index (χ0n) is 14.1. The molecule has 0 aromatic carbocycles. The molecule has 1 atom stereocenters. The second kappa shape index (κ2) is 8.96. The molecule has 0 radical (unpaired) electrons. The molecule has 156 valence electrons. The van der Waals surface area contributed by atoms with Gasteiger partial charge in [0.25, 0.3) is 0 Å². The van der Waals surface area contributed by atoms with Crippen molar-refractivity contribution in [2.24, 2.45) is 0 Å². The Bertz CT molecular complexity index is 504. The molecule has 0 amide bonds. The number of hydrogen-bond donors (Lipinski definition) is 1. The third-order valence-electron chi connectivity index (χ3n) is 3.09. The van der Waals surface area contributed by atoms with Gasteiger partial charge in [0.15, 0.2) is 0 Å². The third-order valence-corrected chi connectivity index (χ3v) is 8.37. The first-order valence-electron chi connectivity index (χ1n) is 6.71. The quantitative estimate of drug-likeness (QED) is 0.205. The fourth-order valence-corrected chi connectivity index (χ4v) is 8.34. The summed E-state index contributed by atoms with van der Waals surface area (Å²) in [5, 5.41) is 9.29. The predicted octanol–water partition coefficient (Wildman–Crippen LogP) is 3.28. The molecule has 0 rings (SSSR count). The van der Waals surface area contributed by atoms with Gasteiger partial charge in [-0.3, -0.25) is 0 Å². The van der Waals surface area contributed by atoms with Gasteiger partial charge in [-0.1, -0.05) is 0 Å². The summed E-state index contributed by atoms with van der Waals surface area (Å²) < 4.78 is 85.8. The van der Waals surface area contributed by atoms with Gasteiger partial charge in [-0.25, -0.2) is 0 Å². The first-order valence-corrected chi connectivity index (χ1v) is 13.8. The van der Waals surface area contributed by atoms with Crippen molar-refractivity contribution < 1.29 is 50.5 Å². The van der Waals surface area contributed by atoms with E-state index in [4.69, 9.17) is 0 Å². The standard InChI is InChI=1S/C13H18F6I2O5/c1-10(2,11(24,12(14,15)16)13(17,18)19)26-8(22)6-25-9(23)7(20)5-21(3)4/h7,24H,5-6H2,1-4H3. The van der Waals surface area contributed by atoms with Crippen LogP contribution in [0, 0.1) is 0 Å². The minimum atomic E-state index is -6.17. The van der Waals surface area contributed by atoms with E-state index < -0.39 is 65.8 Å². The minimum absolute atomic E-state index is 0.264. The number of hydrogen-bond acceptors (Lipinski definition) is 5. The van der Waals surface area contributed by atoms with E-state index >= 15 is 0 Å². The first-order chi connectivity index (χ1) is 11.4. The number of halogens is 8. The number of carbonyl (C=O) groups is 2. The molecular weight excluding hydrogens is 604 g/mol. The Balaban J connectivity index is 5.14. The zero-order chi connectivity index (χ0) is 21.1. The molecule has 0 aliphatic heterocycles. The van der Waals surface area contributed by atoms with Crippen LogP contribution in [-0.2, 0) is 19.1 Å². The number of carbonyl (C=O) groups excluding carboxylic acids is 2. The zero-order valence-corrected chi connectivity index (χ0v) is 18.4. The Morgan fingerprint density at radius 3 is 1.85 bits per heavy atom. The van der Waals surface area contributed by atoms with E-state index in [9.17, 15) is 41.0 Å². The summed E-state index contributed by atoms with van der Waals surface area (Å²) in [6, 6.07) is 0. The maximum atomic E-state index is 12.8. The average molecular weight is 622 g/mol. The monoisotopic (exact) mass is 622 g/mol. The first kappa shape index (κ1) is 25.9. The Labute approximate surface area is 166 Å². The molecule has 5 nitrogen and oxygen atoms in total. The van der Waals surface area contributed by atoms with Gasteiger partial charge in [-0.2, -0.15) is 0 Å². The summed E-state index contributed by atoms with van der Waals surface area (Å²) in [6.07, 6.45) is -12.3. The van der Waals surface area contributed by atoms with E-state index in [2.05, 4.69) is 9.47 Å². The summed E-state index contributed by atoms with van der Waals surface area (Å²) in [6.45, 7) is -0.644. The van der Waals surface area contributed by atoms with Gasteiger partial charge < -0.3 is 0 Å². The van der Waals surface area contributed by atoms with Crippen LogP contribution in [0.1, 0.15) is 13.8 Å². The Morgan fingerprint density at radius 1 is 1.08 bits per heavy atom.